The Balaban J connectivity index is 3.19. The number of nitrogens with zero attached hydrogens (tertiary/aromatic N) is 2. The lowest BCUT2D eigenvalue weighted by atomic mass is 10.3. The molecule has 0 atom stereocenters. The minimum absolute atomic E-state index is 0.0356. The molecular formula is C10H16N4O5S. The topological polar surface area (TPSA) is 128 Å². The average molecular weight is 304 g/mol. The van der Waals surface area contributed by atoms with E-state index in [9.17, 15) is 18.5 Å². The molecule has 3 N–H and O–H groups in total. The first-order chi connectivity index (χ1) is 9.34. The Kier molecular flexibility index (Phi) is 5.39. The SMILES string of the molecule is COCCN(C)S(=O)(=O)c1ccc(NN)c([N+](=O)[O-])c1. The van der Waals surface area contributed by atoms with Crippen LogP contribution in [0.2, 0.25) is 0 Å². The maximum atomic E-state index is 12.2. The summed E-state index contributed by atoms with van der Waals surface area (Å²) in [6, 6.07) is 3.46. The molecule has 0 aliphatic rings. The lowest BCUT2D eigenvalue weighted by Crippen LogP contribution is -2.30. The zero-order chi connectivity index (χ0) is 15.3. The molecule has 10 heteroatoms. The van der Waals surface area contributed by atoms with Gasteiger partial charge in [-0.1, -0.05) is 0 Å². The summed E-state index contributed by atoms with van der Waals surface area (Å²) in [5, 5.41) is 10.9. The number of nitro benzene ring substituents is 1. The summed E-state index contributed by atoms with van der Waals surface area (Å²) in [6.07, 6.45) is 0. The zero-order valence-electron chi connectivity index (χ0n) is 11.1. The van der Waals surface area contributed by atoms with E-state index >= 15 is 0 Å². The Morgan fingerprint density at radius 1 is 1.50 bits per heavy atom. The third-order valence-corrected chi connectivity index (χ3v) is 4.49. The van der Waals surface area contributed by atoms with Crippen LogP contribution in [0, 0.1) is 10.1 Å². The van der Waals surface area contributed by atoms with E-state index in [1.165, 1.54) is 26.3 Å². The second kappa shape index (κ2) is 6.61. The first-order valence-corrected chi connectivity index (χ1v) is 6.99. The summed E-state index contributed by atoms with van der Waals surface area (Å²) in [4.78, 5) is 10.00. The van der Waals surface area contributed by atoms with Crippen LogP contribution in [0.1, 0.15) is 0 Å². The number of ether oxygens (including phenoxy) is 1. The molecule has 0 fully saturated rings. The third-order valence-electron chi connectivity index (χ3n) is 2.64. The Morgan fingerprint density at radius 3 is 2.65 bits per heavy atom. The number of rotatable bonds is 7. The van der Waals surface area contributed by atoms with Gasteiger partial charge in [0.05, 0.1) is 16.4 Å². The van der Waals surface area contributed by atoms with Crippen LogP contribution in [-0.2, 0) is 14.8 Å². The van der Waals surface area contributed by atoms with E-state index in [0.29, 0.717) is 0 Å². The molecular weight excluding hydrogens is 288 g/mol. The van der Waals surface area contributed by atoms with Crippen molar-refractivity contribution in [3.63, 3.8) is 0 Å². The molecule has 0 bridgehead atoms. The number of nitrogens with one attached hydrogen (secondary N) is 1. The highest BCUT2D eigenvalue weighted by Crippen LogP contribution is 2.27. The van der Waals surface area contributed by atoms with Crippen molar-refractivity contribution in [3.05, 3.63) is 28.3 Å². The van der Waals surface area contributed by atoms with Gasteiger partial charge in [-0.2, -0.15) is 4.31 Å². The van der Waals surface area contributed by atoms with Gasteiger partial charge in [0, 0.05) is 26.8 Å². The fourth-order valence-electron chi connectivity index (χ4n) is 1.46. The molecule has 9 nitrogen and oxygen atoms in total. The second-order valence-corrected chi connectivity index (χ2v) is 5.94. The van der Waals surface area contributed by atoms with E-state index in [-0.39, 0.29) is 23.7 Å². The molecule has 0 saturated carbocycles. The quantitative estimate of drug-likeness (QED) is 0.417. The van der Waals surface area contributed by atoms with Crippen molar-refractivity contribution < 1.29 is 18.1 Å². The summed E-state index contributed by atoms with van der Waals surface area (Å²) in [5.41, 5.74) is 1.78. The van der Waals surface area contributed by atoms with Crippen LogP contribution < -0.4 is 11.3 Å². The van der Waals surface area contributed by atoms with Crippen LogP contribution in [0.3, 0.4) is 0 Å². The molecule has 0 amide bonds. The van der Waals surface area contributed by atoms with Crippen molar-refractivity contribution in [2.24, 2.45) is 5.84 Å². The summed E-state index contributed by atoms with van der Waals surface area (Å²) < 4.78 is 30.3. The Morgan fingerprint density at radius 2 is 2.15 bits per heavy atom. The molecule has 112 valence electrons. The number of hydrogen-bond donors (Lipinski definition) is 2. The fraction of sp³-hybridized carbons (Fsp3) is 0.400. The van der Waals surface area contributed by atoms with Crippen LogP contribution in [0.25, 0.3) is 0 Å². The molecule has 1 aromatic rings. The van der Waals surface area contributed by atoms with Crippen LogP contribution in [-0.4, -0.2) is 45.0 Å². The highest BCUT2D eigenvalue weighted by molar-refractivity contribution is 7.89. The number of nitrogen functional groups attached to an aromatic ring is 1. The summed E-state index contributed by atoms with van der Waals surface area (Å²) in [7, 11) is -0.990. The molecule has 0 aliphatic heterocycles. The maximum Gasteiger partial charge on any atom is 0.294 e. The van der Waals surface area contributed by atoms with Crippen molar-refractivity contribution in [2.45, 2.75) is 4.90 Å². The molecule has 1 rings (SSSR count). The molecule has 0 heterocycles. The van der Waals surface area contributed by atoms with Crippen molar-refractivity contribution in [1.82, 2.24) is 4.31 Å². The molecule has 0 aromatic heterocycles. The Labute approximate surface area is 116 Å². The van der Waals surface area contributed by atoms with E-state index in [4.69, 9.17) is 10.6 Å². The standard InChI is InChI=1S/C10H16N4O5S/c1-13(5-6-19-2)20(17,18)8-3-4-9(12-11)10(7-8)14(15)16/h3-4,7,12H,5-6,11H2,1-2H3. The first kappa shape index (κ1) is 16.3. The maximum absolute atomic E-state index is 12.2. The highest BCUT2D eigenvalue weighted by Gasteiger charge is 2.24. The Bertz CT molecular complexity index is 589. The van der Waals surface area contributed by atoms with Gasteiger partial charge in [-0.15, -0.1) is 0 Å². The van der Waals surface area contributed by atoms with Crippen LogP contribution in [0.5, 0.6) is 0 Å². The summed E-state index contributed by atoms with van der Waals surface area (Å²) >= 11 is 0. The number of benzene rings is 1. The highest BCUT2D eigenvalue weighted by atomic mass is 32.2. The monoisotopic (exact) mass is 304 g/mol. The number of nitrogens with two attached hydrogens (primary N) is 1. The van der Waals surface area contributed by atoms with Gasteiger partial charge in [0.25, 0.3) is 5.69 Å². The van der Waals surface area contributed by atoms with E-state index in [2.05, 4.69) is 5.43 Å². The van der Waals surface area contributed by atoms with Crippen LogP contribution in [0.15, 0.2) is 23.1 Å². The van der Waals surface area contributed by atoms with E-state index in [1.807, 2.05) is 0 Å². The molecule has 20 heavy (non-hydrogen) atoms. The molecule has 0 spiro atoms. The number of anilines is 1. The fourth-order valence-corrected chi connectivity index (χ4v) is 2.64. The molecule has 0 saturated heterocycles. The molecule has 1 aromatic carbocycles. The largest absolute Gasteiger partial charge is 0.383 e. The van der Waals surface area contributed by atoms with Gasteiger partial charge < -0.3 is 10.2 Å². The molecule has 0 radical (unpaired) electrons. The Hall–Kier alpha value is -1.75. The number of methoxy groups -OCH3 is 1. The van der Waals surface area contributed by atoms with E-state index in [0.717, 1.165) is 10.4 Å². The lowest BCUT2D eigenvalue weighted by molar-refractivity contribution is -0.384. The van der Waals surface area contributed by atoms with Gasteiger partial charge in [-0.05, 0) is 12.1 Å². The van der Waals surface area contributed by atoms with Gasteiger partial charge in [-0.25, -0.2) is 8.42 Å². The predicted octanol–water partition coefficient (Wildman–Crippen LogP) is 0.147. The molecule has 0 aliphatic carbocycles. The van der Waals surface area contributed by atoms with Gasteiger partial charge in [-0.3, -0.25) is 16.0 Å². The predicted molar refractivity (Wildman–Crippen MR) is 72.6 cm³/mol. The van der Waals surface area contributed by atoms with Crippen LogP contribution >= 0.6 is 0 Å². The zero-order valence-corrected chi connectivity index (χ0v) is 11.9. The number of nitro groups is 1. The van der Waals surface area contributed by atoms with E-state index < -0.39 is 20.6 Å². The van der Waals surface area contributed by atoms with Crippen molar-refractivity contribution >= 4 is 21.4 Å². The normalized spacial score (nSPS) is 11.6. The minimum atomic E-state index is -3.81. The average Bonchev–Trinajstić information content (AvgIpc) is 2.43. The van der Waals surface area contributed by atoms with Gasteiger partial charge in [0.15, 0.2) is 0 Å². The van der Waals surface area contributed by atoms with Crippen molar-refractivity contribution in [1.29, 1.82) is 0 Å². The van der Waals surface area contributed by atoms with Gasteiger partial charge in [0.2, 0.25) is 10.0 Å². The molecule has 0 unspecified atom stereocenters. The third kappa shape index (κ3) is 3.42. The number of likely N-dealkylation sites (N-methyl/N-ethyl adjacent to an activating group) is 1. The van der Waals surface area contributed by atoms with Gasteiger partial charge in [0.1, 0.15) is 5.69 Å². The summed E-state index contributed by atoms with van der Waals surface area (Å²) in [5.74, 6) is 5.14. The number of hydrazine groups is 1. The lowest BCUT2D eigenvalue weighted by Gasteiger charge is -2.16. The minimum Gasteiger partial charge on any atom is -0.383 e. The second-order valence-electron chi connectivity index (χ2n) is 3.90. The van der Waals surface area contributed by atoms with Crippen molar-refractivity contribution in [3.8, 4) is 0 Å². The van der Waals surface area contributed by atoms with Crippen LogP contribution in [0.4, 0.5) is 11.4 Å². The first-order valence-electron chi connectivity index (χ1n) is 5.55. The van der Waals surface area contributed by atoms with Gasteiger partial charge >= 0.3 is 0 Å². The number of hydrogen-bond acceptors (Lipinski definition) is 7. The van der Waals surface area contributed by atoms with Crippen molar-refractivity contribution in [2.75, 3.05) is 32.7 Å². The number of sulfonamides is 1. The summed E-state index contributed by atoms with van der Waals surface area (Å²) in [6.45, 7) is 0.365. The van der Waals surface area contributed by atoms with E-state index in [1.54, 1.807) is 0 Å². The smallest absolute Gasteiger partial charge is 0.294 e.